The molecule has 0 atom stereocenters. The van der Waals surface area contributed by atoms with E-state index in [9.17, 15) is 4.79 Å². The summed E-state index contributed by atoms with van der Waals surface area (Å²) >= 11 is 0. The Balaban J connectivity index is 0.000000147. The van der Waals surface area contributed by atoms with Gasteiger partial charge in [0.1, 0.15) is 0 Å². The first-order valence-corrected chi connectivity index (χ1v) is 6.53. The highest BCUT2D eigenvalue weighted by Gasteiger charge is 2.15. The minimum Gasteiger partial charge on any atom is -0.472 e. The summed E-state index contributed by atoms with van der Waals surface area (Å²) in [5.41, 5.74) is 5.73. The van der Waals surface area contributed by atoms with Crippen LogP contribution >= 0.6 is 0 Å². The monoisotopic (exact) mass is 262 g/mol. The SMILES string of the molecule is O=c1ccocc1.c1ccc2c(c1)Cc1ccccc1-2. The zero-order chi connectivity index (χ0) is 13.8. The quantitative estimate of drug-likeness (QED) is 0.481. The van der Waals surface area contributed by atoms with Crippen molar-refractivity contribution in [1.29, 1.82) is 0 Å². The normalized spacial score (nSPS) is 11.0. The minimum atomic E-state index is -0.0220. The van der Waals surface area contributed by atoms with E-state index in [2.05, 4.69) is 52.9 Å². The van der Waals surface area contributed by atoms with Gasteiger partial charge in [-0.1, -0.05) is 48.5 Å². The van der Waals surface area contributed by atoms with Crippen LogP contribution in [0.3, 0.4) is 0 Å². The molecule has 0 saturated heterocycles. The van der Waals surface area contributed by atoms with Gasteiger partial charge < -0.3 is 4.42 Å². The van der Waals surface area contributed by atoms with E-state index in [4.69, 9.17) is 0 Å². The van der Waals surface area contributed by atoms with Gasteiger partial charge in [-0.15, -0.1) is 0 Å². The summed E-state index contributed by atoms with van der Waals surface area (Å²) in [4.78, 5) is 10.2. The molecule has 2 aromatic carbocycles. The van der Waals surface area contributed by atoms with Crippen molar-refractivity contribution in [1.82, 2.24) is 0 Å². The van der Waals surface area contributed by atoms with Crippen LogP contribution in [0.15, 0.2) is 82.4 Å². The van der Waals surface area contributed by atoms with Crippen LogP contribution in [-0.2, 0) is 6.42 Å². The van der Waals surface area contributed by atoms with Crippen molar-refractivity contribution in [2.75, 3.05) is 0 Å². The molecule has 1 heterocycles. The van der Waals surface area contributed by atoms with Gasteiger partial charge in [-0.2, -0.15) is 0 Å². The Morgan fingerprint density at radius 3 is 1.65 bits per heavy atom. The summed E-state index contributed by atoms with van der Waals surface area (Å²) in [5, 5.41) is 0. The molecule has 0 unspecified atom stereocenters. The van der Waals surface area contributed by atoms with Crippen molar-refractivity contribution in [3.05, 3.63) is 94.5 Å². The van der Waals surface area contributed by atoms with Crippen LogP contribution in [0.4, 0.5) is 0 Å². The molecule has 1 aliphatic carbocycles. The van der Waals surface area contributed by atoms with Crippen LogP contribution in [0, 0.1) is 0 Å². The average Bonchev–Trinajstić information content (AvgIpc) is 2.87. The van der Waals surface area contributed by atoms with E-state index in [1.54, 1.807) is 0 Å². The Morgan fingerprint density at radius 1 is 0.700 bits per heavy atom. The third kappa shape index (κ3) is 2.54. The van der Waals surface area contributed by atoms with Gasteiger partial charge in [0.25, 0.3) is 0 Å². The second kappa shape index (κ2) is 5.57. The molecule has 2 nitrogen and oxygen atoms in total. The molecule has 0 fully saturated rings. The van der Waals surface area contributed by atoms with E-state index in [1.807, 2.05) is 0 Å². The van der Waals surface area contributed by atoms with Crippen LogP contribution < -0.4 is 5.43 Å². The molecule has 0 amide bonds. The first-order chi connectivity index (χ1) is 9.84. The molecule has 0 radical (unpaired) electrons. The summed E-state index contributed by atoms with van der Waals surface area (Å²) in [6.45, 7) is 0. The number of fused-ring (bicyclic) bond motifs is 3. The van der Waals surface area contributed by atoms with Gasteiger partial charge in [0.2, 0.25) is 0 Å². The Morgan fingerprint density at radius 2 is 1.20 bits per heavy atom. The first kappa shape index (κ1) is 12.4. The molecule has 1 aromatic heterocycles. The molecular formula is C18H14O2. The highest BCUT2D eigenvalue weighted by Crippen LogP contribution is 2.35. The second-order valence-electron chi connectivity index (χ2n) is 4.64. The van der Waals surface area contributed by atoms with Crippen LogP contribution in [0.1, 0.15) is 11.1 Å². The van der Waals surface area contributed by atoms with Crippen LogP contribution in [0.2, 0.25) is 0 Å². The molecule has 0 N–H and O–H groups in total. The van der Waals surface area contributed by atoms with E-state index in [-0.39, 0.29) is 5.43 Å². The van der Waals surface area contributed by atoms with Crippen molar-refractivity contribution >= 4 is 0 Å². The minimum absolute atomic E-state index is 0.0220. The maximum Gasteiger partial charge on any atom is 0.184 e. The molecule has 4 rings (SSSR count). The molecule has 0 spiro atoms. The zero-order valence-corrected chi connectivity index (χ0v) is 11.0. The Hall–Kier alpha value is -2.61. The molecule has 3 aromatic rings. The lowest BCUT2D eigenvalue weighted by atomic mass is 10.1. The van der Waals surface area contributed by atoms with Gasteiger partial charge in [-0.25, -0.2) is 0 Å². The summed E-state index contributed by atoms with van der Waals surface area (Å²) in [5.74, 6) is 0. The fraction of sp³-hybridized carbons (Fsp3) is 0.0556. The molecule has 0 saturated carbocycles. The van der Waals surface area contributed by atoms with Crippen molar-refractivity contribution < 1.29 is 4.42 Å². The Labute approximate surface area is 117 Å². The lowest BCUT2D eigenvalue weighted by molar-refractivity contribution is 0.548. The fourth-order valence-electron chi connectivity index (χ4n) is 2.39. The van der Waals surface area contributed by atoms with Crippen molar-refractivity contribution in [3.63, 3.8) is 0 Å². The number of rotatable bonds is 0. The lowest BCUT2D eigenvalue weighted by Gasteiger charge is -1.98. The van der Waals surface area contributed by atoms with Gasteiger partial charge in [0, 0.05) is 12.1 Å². The van der Waals surface area contributed by atoms with Gasteiger partial charge in [0.15, 0.2) is 5.43 Å². The second-order valence-corrected chi connectivity index (χ2v) is 4.64. The van der Waals surface area contributed by atoms with Crippen molar-refractivity contribution in [2.24, 2.45) is 0 Å². The van der Waals surface area contributed by atoms with E-state index < -0.39 is 0 Å². The summed E-state index contributed by atoms with van der Waals surface area (Å²) in [6, 6.07) is 20.0. The third-order valence-electron chi connectivity index (χ3n) is 3.33. The molecule has 98 valence electrons. The van der Waals surface area contributed by atoms with E-state index in [1.165, 1.54) is 46.9 Å². The highest BCUT2D eigenvalue weighted by atomic mass is 16.3. The van der Waals surface area contributed by atoms with E-state index >= 15 is 0 Å². The largest absolute Gasteiger partial charge is 0.472 e. The van der Waals surface area contributed by atoms with Crippen molar-refractivity contribution in [3.8, 4) is 11.1 Å². The number of benzene rings is 2. The molecule has 0 aliphatic heterocycles. The zero-order valence-electron chi connectivity index (χ0n) is 11.0. The molecule has 1 aliphatic rings. The third-order valence-corrected chi connectivity index (χ3v) is 3.33. The van der Waals surface area contributed by atoms with Gasteiger partial charge in [-0.05, 0) is 28.7 Å². The van der Waals surface area contributed by atoms with E-state index in [0.717, 1.165) is 6.42 Å². The summed E-state index contributed by atoms with van der Waals surface area (Å²) < 4.78 is 4.56. The smallest absolute Gasteiger partial charge is 0.184 e. The number of hydrogen-bond donors (Lipinski definition) is 0. The summed E-state index contributed by atoms with van der Waals surface area (Å²) in [6.07, 6.45) is 3.80. The maximum atomic E-state index is 10.2. The Kier molecular flexibility index (Phi) is 3.46. The average molecular weight is 262 g/mol. The molecule has 0 bridgehead atoms. The summed E-state index contributed by atoms with van der Waals surface area (Å²) in [7, 11) is 0. The van der Waals surface area contributed by atoms with Crippen LogP contribution in [-0.4, -0.2) is 0 Å². The van der Waals surface area contributed by atoms with Crippen LogP contribution in [0.25, 0.3) is 11.1 Å². The topological polar surface area (TPSA) is 30.2 Å². The van der Waals surface area contributed by atoms with Gasteiger partial charge in [-0.3, -0.25) is 4.79 Å². The predicted octanol–water partition coefficient (Wildman–Crippen LogP) is 3.90. The Bertz CT molecular complexity index is 711. The maximum absolute atomic E-state index is 10.2. The molecular weight excluding hydrogens is 248 g/mol. The lowest BCUT2D eigenvalue weighted by Crippen LogP contribution is -1.90. The first-order valence-electron chi connectivity index (χ1n) is 6.53. The van der Waals surface area contributed by atoms with E-state index in [0.29, 0.717) is 0 Å². The van der Waals surface area contributed by atoms with Gasteiger partial charge in [0.05, 0.1) is 12.5 Å². The molecule has 20 heavy (non-hydrogen) atoms. The molecule has 2 heteroatoms. The van der Waals surface area contributed by atoms with Crippen LogP contribution in [0.5, 0.6) is 0 Å². The van der Waals surface area contributed by atoms with Gasteiger partial charge >= 0.3 is 0 Å². The fourth-order valence-corrected chi connectivity index (χ4v) is 2.39. The standard InChI is InChI=1S/C13H10.C5H4O2/c1-3-7-12-10(5-1)9-11-6-2-4-8-13(11)12;6-5-1-3-7-4-2-5/h1-8H,9H2;1-4H. The highest BCUT2D eigenvalue weighted by molar-refractivity contribution is 5.76. The predicted molar refractivity (Wildman–Crippen MR) is 79.7 cm³/mol. The number of hydrogen-bond acceptors (Lipinski definition) is 2. The van der Waals surface area contributed by atoms with Crippen molar-refractivity contribution in [2.45, 2.75) is 6.42 Å².